The van der Waals surface area contributed by atoms with Gasteiger partial charge in [-0.15, -0.1) is 0 Å². The predicted octanol–water partition coefficient (Wildman–Crippen LogP) is 4.15. The molecule has 0 saturated heterocycles. The molecule has 1 fully saturated rings. The highest BCUT2D eigenvalue weighted by Gasteiger charge is 2.33. The lowest BCUT2D eigenvalue weighted by Crippen LogP contribution is -2.37. The Labute approximate surface area is 107 Å². The molecule has 1 unspecified atom stereocenters. The van der Waals surface area contributed by atoms with Crippen molar-refractivity contribution in [1.29, 1.82) is 0 Å². The highest BCUT2D eigenvalue weighted by Crippen LogP contribution is 2.37. The fourth-order valence-electron chi connectivity index (χ4n) is 2.60. The predicted molar refractivity (Wildman–Crippen MR) is 69.7 cm³/mol. The summed E-state index contributed by atoms with van der Waals surface area (Å²) in [6, 6.07) is 5.35. The molecular formula is C14H19ClFN. The molecule has 0 radical (unpaired) electrons. The number of hydrogen-bond donors (Lipinski definition) is 1. The van der Waals surface area contributed by atoms with Gasteiger partial charge >= 0.3 is 0 Å². The Balaban J connectivity index is 1.98. The molecule has 2 rings (SSSR count). The standard InChI is InChI=1S/C14H19ClFN/c1-14(2)7-3-4-13(14)17-9-10-5-6-11(15)8-12(10)16/h5-6,8,13,17H,3-4,7,9H2,1-2H3. The van der Waals surface area contributed by atoms with Crippen molar-refractivity contribution in [2.45, 2.75) is 45.7 Å². The first kappa shape index (κ1) is 12.8. The summed E-state index contributed by atoms with van der Waals surface area (Å²) in [4.78, 5) is 0. The van der Waals surface area contributed by atoms with Crippen molar-refractivity contribution in [2.75, 3.05) is 0 Å². The smallest absolute Gasteiger partial charge is 0.129 e. The minimum atomic E-state index is -0.221. The second-order valence-electron chi connectivity index (χ2n) is 5.55. The summed E-state index contributed by atoms with van der Waals surface area (Å²) < 4.78 is 13.6. The Hall–Kier alpha value is -0.600. The van der Waals surface area contributed by atoms with Gasteiger partial charge in [-0.25, -0.2) is 4.39 Å². The van der Waals surface area contributed by atoms with Gasteiger partial charge in [-0.1, -0.05) is 37.9 Å². The van der Waals surface area contributed by atoms with Crippen molar-refractivity contribution < 1.29 is 4.39 Å². The maximum atomic E-state index is 13.6. The van der Waals surface area contributed by atoms with Crippen LogP contribution in [-0.2, 0) is 6.54 Å². The van der Waals surface area contributed by atoms with E-state index in [1.165, 1.54) is 25.3 Å². The van der Waals surface area contributed by atoms with E-state index < -0.39 is 0 Å². The Morgan fingerprint density at radius 1 is 1.47 bits per heavy atom. The van der Waals surface area contributed by atoms with Gasteiger partial charge in [0.15, 0.2) is 0 Å². The Morgan fingerprint density at radius 3 is 2.82 bits per heavy atom. The van der Waals surface area contributed by atoms with Gasteiger partial charge in [-0.05, 0) is 30.4 Å². The van der Waals surface area contributed by atoms with Crippen LogP contribution in [0.1, 0.15) is 38.7 Å². The normalized spacial score (nSPS) is 22.9. The molecule has 94 valence electrons. The fourth-order valence-corrected chi connectivity index (χ4v) is 2.76. The second-order valence-corrected chi connectivity index (χ2v) is 5.99. The summed E-state index contributed by atoms with van der Waals surface area (Å²) in [5, 5.41) is 3.92. The third-order valence-corrected chi connectivity index (χ3v) is 4.05. The number of hydrogen-bond acceptors (Lipinski definition) is 1. The first-order valence-corrected chi connectivity index (χ1v) is 6.54. The van der Waals surface area contributed by atoms with E-state index in [-0.39, 0.29) is 5.82 Å². The molecule has 0 spiro atoms. The summed E-state index contributed by atoms with van der Waals surface area (Å²) in [7, 11) is 0. The van der Waals surface area contributed by atoms with Crippen LogP contribution < -0.4 is 5.32 Å². The molecule has 0 bridgehead atoms. The quantitative estimate of drug-likeness (QED) is 0.856. The minimum Gasteiger partial charge on any atom is -0.309 e. The van der Waals surface area contributed by atoms with E-state index >= 15 is 0 Å². The van der Waals surface area contributed by atoms with Crippen molar-refractivity contribution in [1.82, 2.24) is 5.32 Å². The van der Waals surface area contributed by atoms with Crippen molar-refractivity contribution in [3.63, 3.8) is 0 Å². The van der Waals surface area contributed by atoms with Crippen LogP contribution in [0.4, 0.5) is 4.39 Å². The molecule has 1 aliphatic carbocycles. The van der Waals surface area contributed by atoms with Gasteiger partial charge in [0.2, 0.25) is 0 Å². The molecule has 1 aromatic rings. The number of rotatable bonds is 3. The number of benzene rings is 1. The zero-order valence-electron chi connectivity index (χ0n) is 10.4. The van der Waals surface area contributed by atoms with Gasteiger partial charge in [0.25, 0.3) is 0 Å². The monoisotopic (exact) mass is 255 g/mol. The summed E-state index contributed by atoms with van der Waals surface area (Å²) in [5.41, 5.74) is 1.01. The van der Waals surface area contributed by atoms with Crippen LogP contribution in [0.3, 0.4) is 0 Å². The molecule has 0 aromatic heterocycles. The Kier molecular flexibility index (Phi) is 3.74. The minimum absolute atomic E-state index is 0.221. The average Bonchev–Trinajstić information content (AvgIpc) is 2.57. The van der Waals surface area contributed by atoms with Crippen molar-refractivity contribution in [3.8, 4) is 0 Å². The summed E-state index contributed by atoms with van der Waals surface area (Å²) in [6.45, 7) is 5.13. The first-order valence-electron chi connectivity index (χ1n) is 6.16. The van der Waals surface area contributed by atoms with E-state index in [1.54, 1.807) is 12.1 Å². The van der Waals surface area contributed by atoms with Crippen LogP contribution in [0.5, 0.6) is 0 Å². The lowest BCUT2D eigenvalue weighted by atomic mass is 9.87. The van der Waals surface area contributed by atoms with Crippen LogP contribution in [-0.4, -0.2) is 6.04 Å². The van der Waals surface area contributed by atoms with E-state index in [0.717, 1.165) is 0 Å². The maximum Gasteiger partial charge on any atom is 0.129 e. The van der Waals surface area contributed by atoms with E-state index in [9.17, 15) is 4.39 Å². The summed E-state index contributed by atoms with van der Waals surface area (Å²) >= 11 is 5.73. The molecule has 0 aliphatic heterocycles. The fraction of sp³-hybridized carbons (Fsp3) is 0.571. The van der Waals surface area contributed by atoms with Crippen LogP contribution >= 0.6 is 11.6 Å². The second kappa shape index (κ2) is 4.95. The molecule has 1 saturated carbocycles. The van der Waals surface area contributed by atoms with Gasteiger partial charge in [-0.2, -0.15) is 0 Å². The first-order chi connectivity index (χ1) is 7.99. The Morgan fingerprint density at radius 2 is 2.24 bits per heavy atom. The SMILES string of the molecule is CC1(C)CCCC1NCc1ccc(Cl)cc1F. The van der Waals surface area contributed by atoms with Gasteiger partial charge < -0.3 is 5.32 Å². The Bertz CT molecular complexity index is 403. The lowest BCUT2D eigenvalue weighted by molar-refractivity contribution is 0.281. The molecule has 0 heterocycles. The highest BCUT2D eigenvalue weighted by atomic mass is 35.5. The highest BCUT2D eigenvalue weighted by molar-refractivity contribution is 6.30. The zero-order chi connectivity index (χ0) is 12.5. The topological polar surface area (TPSA) is 12.0 Å². The van der Waals surface area contributed by atoms with E-state index in [1.807, 2.05) is 0 Å². The van der Waals surface area contributed by atoms with E-state index in [4.69, 9.17) is 11.6 Å². The van der Waals surface area contributed by atoms with Crippen LogP contribution in [0.2, 0.25) is 5.02 Å². The van der Waals surface area contributed by atoms with Gasteiger partial charge in [0.1, 0.15) is 5.82 Å². The van der Waals surface area contributed by atoms with E-state index in [2.05, 4.69) is 19.2 Å². The van der Waals surface area contributed by atoms with Crippen LogP contribution in [0.15, 0.2) is 18.2 Å². The average molecular weight is 256 g/mol. The molecule has 1 atom stereocenters. The maximum absolute atomic E-state index is 13.6. The molecular weight excluding hydrogens is 237 g/mol. The molecule has 0 amide bonds. The van der Waals surface area contributed by atoms with Crippen molar-refractivity contribution >= 4 is 11.6 Å². The summed E-state index contributed by atoms with van der Waals surface area (Å²) in [5.74, 6) is -0.221. The molecule has 1 nitrogen and oxygen atoms in total. The lowest BCUT2D eigenvalue weighted by Gasteiger charge is -2.28. The molecule has 3 heteroatoms. The van der Waals surface area contributed by atoms with Gasteiger partial charge in [0, 0.05) is 23.2 Å². The molecule has 1 aromatic carbocycles. The third-order valence-electron chi connectivity index (χ3n) is 3.81. The number of nitrogens with one attached hydrogen (secondary N) is 1. The molecule has 1 aliphatic rings. The zero-order valence-corrected chi connectivity index (χ0v) is 11.1. The van der Waals surface area contributed by atoms with Crippen molar-refractivity contribution in [3.05, 3.63) is 34.6 Å². The third kappa shape index (κ3) is 2.99. The van der Waals surface area contributed by atoms with E-state index in [0.29, 0.717) is 28.6 Å². The van der Waals surface area contributed by atoms with Crippen LogP contribution in [0.25, 0.3) is 0 Å². The molecule has 1 N–H and O–H groups in total. The largest absolute Gasteiger partial charge is 0.309 e. The summed E-state index contributed by atoms with van der Waals surface area (Å²) in [6.07, 6.45) is 3.68. The molecule has 17 heavy (non-hydrogen) atoms. The number of halogens is 2. The van der Waals surface area contributed by atoms with Crippen molar-refractivity contribution in [2.24, 2.45) is 5.41 Å². The van der Waals surface area contributed by atoms with Gasteiger partial charge in [0.05, 0.1) is 0 Å². The van der Waals surface area contributed by atoms with Gasteiger partial charge in [-0.3, -0.25) is 0 Å². The van der Waals surface area contributed by atoms with Crippen LogP contribution in [0, 0.1) is 11.2 Å².